The molecule has 1 N–H and O–H groups in total. The number of esters is 1. The van der Waals surface area contributed by atoms with Crippen LogP contribution >= 0.6 is 0 Å². The summed E-state index contributed by atoms with van der Waals surface area (Å²) in [6.45, 7) is 9.54. The highest BCUT2D eigenvalue weighted by Gasteiger charge is 2.19. The van der Waals surface area contributed by atoms with E-state index in [0.717, 1.165) is 24.6 Å². The maximum Gasteiger partial charge on any atom is 0.323 e. The van der Waals surface area contributed by atoms with Gasteiger partial charge in [0.15, 0.2) is 0 Å². The normalized spacial score (nSPS) is 12.4. The summed E-state index contributed by atoms with van der Waals surface area (Å²) < 4.78 is 6.91. The van der Waals surface area contributed by atoms with Crippen molar-refractivity contribution in [2.75, 3.05) is 13.2 Å². The molecule has 0 aliphatic heterocycles. The van der Waals surface area contributed by atoms with E-state index in [0.29, 0.717) is 19.6 Å². The third-order valence-electron chi connectivity index (χ3n) is 2.80. The predicted octanol–water partition coefficient (Wildman–Crippen LogP) is 1.22. The van der Waals surface area contributed by atoms with Gasteiger partial charge in [0.1, 0.15) is 17.7 Å². The third kappa shape index (κ3) is 4.98. The quantitative estimate of drug-likeness (QED) is 0.718. The molecule has 0 radical (unpaired) electrons. The van der Waals surface area contributed by atoms with Crippen LogP contribution in [0.2, 0.25) is 0 Å². The van der Waals surface area contributed by atoms with Crippen LogP contribution in [0.25, 0.3) is 0 Å². The van der Waals surface area contributed by atoms with Crippen molar-refractivity contribution >= 4 is 5.97 Å². The second-order valence-electron chi connectivity index (χ2n) is 4.48. The van der Waals surface area contributed by atoms with Crippen LogP contribution in [0.5, 0.6) is 0 Å². The standard InChI is InChI=1S/C13H24N4O2/c1-5-8-14-12(13(18)19-6-2)7-9-17-11(4)15-10(3)16-17/h12,14H,5-9H2,1-4H3. The molecule has 1 atom stereocenters. The predicted molar refractivity (Wildman–Crippen MR) is 72.8 cm³/mol. The molecular weight excluding hydrogens is 244 g/mol. The van der Waals surface area contributed by atoms with Gasteiger partial charge in [0.05, 0.1) is 6.61 Å². The average molecular weight is 268 g/mol. The molecule has 0 spiro atoms. The van der Waals surface area contributed by atoms with Gasteiger partial charge in [-0.05, 0) is 40.2 Å². The highest BCUT2D eigenvalue weighted by molar-refractivity contribution is 5.75. The Kier molecular flexibility index (Phi) is 6.49. The summed E-state index contributed by atoms with van der Waals surface area (Å²) >= 11 is 0. The van der Waals surface area contributed by atoms with E-state index >= 15 is 0 Å². The van der Waals surface area contributed by atoms with Gasteiger partial charge < -0.3 is 10.1 Å². The molecule has 1 aromatic rings. The molecule has 0 fully saturated rings. The van der Waals surface area contributed by atoms with Gasteiger partial charge >= 0.3 is 5.97 Å². The van der Waals surface area contributed by atoms with Crippen molar-refractivity contribution in [2.45, 2.75) is 53.1 Å². The molecule has 6 nitrogen and oxygen atoms in total. The lowest BCUT2D eigenvalue weighted by Gasteiger charge is -2.17. The van der Waals surface area contributed by atoms with Gasteiger partial charge in [0.2, 0.25) is 0 Å². The molecule has 19 heavy (non-hydrogen) atoms. The summed E-state index contributed by atoms with van der Waals surface area (Å²) in [7, 11) is 0. The minimum atomic E-state index is -0.274. The topological polar surface area (TPSA) is 69.0 Å². The number of aryl methyl sites for hydroxylation is 3. The van der Waals surface area contributed by atoms with Crippen molar-refractivity contribution < 1.29 is 9.53 Å². The fraction of sp³-hybridized carbons (Fsp3) is 0.769. The monoisotopic (exact) mass is 268 g/mol. The minimum Gasteiger partial charge on any atom is -0.465 e. The molecule has 108 valence electrons. The van der Waals surface area contributed by atoms with E-state index in [9.17, 15) is 4.79 Å². The number of hydrogen-bond donors (Lipinski definition) is 1. The lowest BCUT2D eigenvalue weighted by Crippen LogP contribution is -2.39. The van der Waals surface area contributed by atoms with Crippen molar-refractivity contribution in [3.8, 4) is 0 Å². The van der Waals surface area contributed by atoms with Crippen LogP contribution in [0.4, 0.5) is 0 Å². The number of ether oxygens (including phenoxy) is 1. The minimum absolute atomic E-state index is 0.189. The Morgan fingerprint density at radius 3 is 2.68 bits per heavy atom. The lowest BCUT2D eigenvalue weighted by molar-refractivity contribution is -0.145. The summed E-state index contributed by atoms with van der Waals surface area (Å²) in [5.74, 6) is 1.44. The number of carbonyl (C=O) groups excluding carboxylic acids is 1. The van der Waals surface area contributed by atoms with Crippen molar-refractivity contribution in [1.29, 1.82) is 0 Å². The Morgan fingerprint density at radius 1 is 1.42 bits per heavy atom. The number of carbonyl (C=O) groups is 1. The number of aromatic nitrogens is 3. The van der Waals surface area contributed by atoms with Crippen LogP contribution in [-0.4, -0.2) is 39.9 Å². The molecule has 0 aromatic carbocycles. The van der Waals surface area contributed by atoms with Gasteiger partial charge in [-0.1, -0.05) is 6.92 Å². The van der Waals surface area contributed by atoms with Gasteiger partial charge in [-0.3, -0.25) is 9.48 Å². The van der Waals surface area contributed by atoms with Crippen molar-refractivity contribution in [1.82, 2.24) is 20.1 Å². The Balaban J connectivity index is 2.56. The Labute approximate surface area is 114 Å². The summed E-state index contributed by atoms with van der Waals surface area (Å²) in [6, 6.07) is -0.274. The first-order valence-electron chi connectivity index (χ1n) is 6.86. The zero-order chi connectivity index (χ0) is 14.3. The molecule has 0 bridgehead atoms. The Hall–Kier alpha value is -1.43. The van der Waals surface area contributed by atoms with Gasteiger partial charge in [-0.2, -0.15) is 5.10 Å². The molecule has 1 heterocycles. The van der Waals surface area contributed by atoms with E-state index in [2.05, 4.69) is 22.3 Å². The Morgan fingerprint density at radius 2 is 2.16 bits per heavy atom. The second kappa shape index (κ2) is 7.89. The maximum absolute atomic E-state index is 11.8. The number of nitrogens with zero attached hydrogens (tertiary/aromatic N) is 3. The highest BCUT2D eigenvalue weighted by Crippen LogP contribution is 2.03. The molecule has 0 aliphatic carbocycles. The smallest absolute Gasteiger partial charge is 0.323 e. The van der Waals surface area contributed by atoms with E-state index in [1.165, 1.54) is 0 Å². The molecule has 0 saturated carbocycles. The van der Waals surface area contributed by atoms with Crippen LogP contribution < -0.4 is 5.32 Å². The molecule has 1 aromatic heterocycles. The van der Waals surface area contributed by atoms with Crippen LogP contribution in [-0.2, 0) is 16.1 Å². The first-order valence-corrected chi connectivity index (χ1v) is 6.86. The van der Waals surface area contributed by atoms with E-state index < -0.39 is 0 Å². The second-order valence-corrected chi connectivity index (χ2v) is 4.48. The van der Waals surface area contributed by atoms with E-state index in [4.69, 9.17) is 4.74 Å². The SMILES string of the molecule is CCCNC(CCn1nc(C)nc1C)C(=O)OCC. The Bertz CT molecular complexity index is 403. The summed E-state index contributed by atoms with van der Waals surface area (Å²) in [6.07, 6.45) is 1.64. The maximum atomic E-state index is 11.8. The van der Waals surface area contributed by atoms with Crippen molar-refractivity contribution in [3.63, 3.8) is 0 Å². The zero-order valence-corrected chi connectivity index (χ0v) is 12.3. The van der Waals surface area contributed by atoms with E-state index in [1.807, 2.05) is 25.5 Å². The largest absolute Gasteiger partial charge is 0.465 e. The molecule has 1 unspecified atom stereocenters. The zero-order valence-electron chi connectivity index (χ0n) is 12.3. The van der Waals surface area contributed by atoms with E-state index in [1.54, 1.807) is 0 Å². The molecular formula is C13H24N4O2. The van der Waals surface area contributed by atoms with Gasteiger partial charge in [-0.25, -0.2) is 4.98 Å². The van der Waals surface area contributed by atoms with Gasteiger partial charge in [0.25, 0.3) is 0 Å². The molecule has 1 rings (SSSR count). The molecule has 0 amide bonds. The first-order chi connectivity index (χ1) is 9.08. The number of nitrogens with one attached hydrogen (secondary N) is 1. The van der Waals surface area contributed by atoms with Crippen LogP contribution in [0.15, 0.2) is 0 Å². The van der Waals surface area contributed by atoms with Crippen LogP contribution in [0.3, 0.4) is 0 Å². The number of rotatable bonds is 8. The molecule has 6 heteroatoms. The van der Waals surface area contributed by atoms with E-state index in [-0.39, 0.29) is 12.0 Å². The van der Waals surface area contributed by atoms with Gasteiger partial charge in [-0.15, -0.1) is 0 Å². The fourth-order valence-electron chi connectivity index (χ4n) is 1.89. The summed E-state index contributed by atoms with van der Waals surface area (Å²) in [5, 5.41) is 7.51. The van der Waals surface area contributed by atoms with Crippen LogP contribution in [0.1, 0.15) is 38.3 Å². The van der Waals surface area contributed by atoms with Gasteiger partial charge in [0, 0.05) is 6.54 Å². The lowest BCUT2D eigenvalue weighted by atomic mass is 10.2. The van der Waals surface area contributed by atoms with Crippen molar-refractivity contribution in [2.24, 2.45) is 0 Å². The molecule has 0 aliphatic rings. The summed E-state index contributed by atoms with van der Waals surface area (Å²) in [4.78, 5) is 16.1. The average Bonchev–Trinajstić information content (AvgIpc) is 2.68. The van der Waals surface area contributed by atoms with Crippen molar-refractivity contribution in [3.05, 3.63) is 11.6 Å². The fourth-order valence-corrected chi connectivity index (χ4v) is 1.89. The molecule has 0 saturated heterocycles. The third-order valence-corrected chi connectivity index (χ3v) is 2.80. The number of hydrogen-bond acceptors (Lipinski definition) is 5. The van der Waals surface area contributed by atoms with Crippen LogP contribution in [0, 0.1) is 13.8 Å². The summed E-state index contributed by atoms with van der Waals surface area (Å²) in [5.41, 5.74) is 0. The first kappa shape index (κ1) is 15.6. The highest BCUT2D eigenvalue weighted by atomic mass is 16.5.